The summed E-state index contributed by atoms with van der Waals surface area (Å²) in [4.78, 5) is 27.6. The zero-order chi connectivity index (χ0) is 23.1. The molecule has 174 valence electrons. The van der Waals surface area contributed by atoms with Crippen molar-refractivity contribution < 1.29 is 37.1 Å². The Morgan fingerprint density at radius 1 is 1.28 bits per heavy atom. The van der Waals surface area contributed by atoms with Crippen LogP contribution in [0, 0.1) is 11.8 Å². The third kappa shape index (κ3) is 6.50. The fourth-order valence-electron chi connectivity index (χ4n) is 3.82. The number of pyridine rings is 1. The highest BCUT2D eigenvalue weighted by Crippen LogP contribution is 2.34. The van der Waals surface area contributed by atoms with E-state index in [9.17, 15) is 18.0 Å². The van der Waals surface area contributed by atoms with Crippen molar-refractivity contribution in [1.82, 2.24) is 20.4 Å². The number of alkyl halides is 3. The smallest absolute Gasteiger partial charge is 0.475 e. The zero-order valence-corrected chi connectivity index (χ0v) is 17.0. The summed E-state index contributed by atoms with van der Waals surface area (Å²) in [5.41, 5.74) is 1.23. The Labute approximate surface area is 181 Å². The number of nitrogens with one attached hydrogen (secondary N) is 1. The molecule has 9 nitrogen and oxygen atoms in total. The lowest BCUT2D eigenvalue weighted by Crippen LogP contribution is -2.45. The number of fused-ring (bicyclic) bond motifs is 1. The number of likely N-dealkylation sites (tertiary alicyclic amines) is 1. The van der Waals surface area contributed by atoms with Crippen molar-refractivity contribution in [2.24, 2.45) is 11.8 Å². The van der Waals surface area contributed by atoms with Gasteiger partial charge in [-0.2, -0.15) is 13.2 Å². The van der Waals surface area contributed by atoms with Gasteiger partial charge in [-0.1, -0.05) is 11.2 Å². The van der Waals surface area contributed by atoms with Crippen LogP contribution in [-0.2, 0) is 16.1 Å². The molecule has 0 spiro atoms. The molecule has 2 fully saturated rings. The molecule has 4 heterocycles. The molecule has 2 N–H and O–H groups in total. The van der Waals surface area contributed by atoms with Crippen LogP contribution in [0.3, 0.4) is 0 Å². The maximum atomic E-state index is 12.0. The summed E-state index contributed by atoms with van der Waals surface area (Å²) in [7, 11) is 0. The van der Waals surface area contributed by atoms with E-state index in [1.807, 2.05) is 12.3 Å². The van der Waals surface area contributed by atoms with Gasteiger partial charge in [-0.3, -0.25) is 14.7 Å². The summed E-state index contributed by atoms with van der Waals surface area (Å²) < 4.78 is 42.6. The molecule has 3 atom stereocenters. The molecule has 0 bridgehead atoms. The van der Waals surface area contributed by atoms with Gasteiger partial charge in [-0.15, -0.1) is 0 Å². The number of nitrogens with zero attached hydrogens (tertiary/aromatic N) is 3. The van der Waals surface area contributed by atoms with Gasteiger partial charge in [0.2, 0.25) is 5.76 Å². The van der Waals surface area contributed by atoms with Crippen molar-refractivity contribution in [3.8, 4) is 0 Å². The molecule has 4 rings (SSSR count). The highest BCUT2D eigenvalue weighted by molar-refractivity contribution is 5.91. The van der Waals surface area contributed by atoms with E-state index in [0.717, 1.165) is 32.7 Å². The van der Waals surface area contributed by atoms with E-state index in [4.69, 9.17) is 19.2 Å². The maximum absolute atomic E-state index is 12.0. The molecule has 1 amide bonds. The first kappa shape index (κ1) is 23.7. The number of hydrogen-bond acceptors (Lipinski definition) is 7. The molecule has 2 aromatic rings. The first-order chi connectivity index (χ1) is 15.2. The predicted molar refractivity (Wildman–Crippen MR) is 103 cm³/mol. The standard InChI is InChI=1S/C18H22N4O3.C2HF3O2/c23-18(16-3-6-21-25-16)20-9-17-15-11-22(7-4-14(15)12-24-17)10-13-2-1-5-19-8-13;3-2(4,5)1(6)7/h1-3,5-6,8,14-15,17H,4,7,9-12H2,(H,20,23);(H,6,7)/t14-,15-,17+;/m0./s1. The number of rotatable bonds is 5. The number of carboxylic acids is 1. The second-order valence-electron chi connectivity index (χ2n) is 7.57. The highest BCUT2D eigenvalue weighted by Gasteiger charge is 2.41. The number of piperidine rings is 1. The van der Waals surface area contributed by atoms with Gasteiger partial charge in [-0.05, 0) is 30.5 Å². The summed E-state index contributed by atoms with van der Waals surface area (Å²) in [6, 6.07) is 5.64. The lowest BCUT2D eigenvalue weighted by molar-refractivity contribution is -0.192. The van der Waals surface area contributed by atoms with Crippen molar-refractivity contribution in [3.05, 3.63) is 48.1 Å². The van der Waals surface area contributed by atoms with Gasteiger partial charge in [0, 0.05) is 44.0 Å². The van der Waals surface area contributed by atoms with E-state index < -0.39 is 12.1 Å². The molecular weight excluding hydrogens is 433 g/mol. The quantitative estimate of drug-likeness (QED) is 0.701. The van der Waals surface area contributed by atoms with Crippen molar-refractivity contribution in [3.63, 3.8) is 0 Å². The molecule has 2 saturated heterocycles. The third-order valence-electron chi connectivity index (χ3n) is 5.39. The lowest BCUT2D eigenvalue weighted by Gasteiger charge is -2.36. The second-order valence-corrected chi connectivity index (χ2v) is 7.57. The molecule has 0 aromatic carbocycles. The molecule has 0 radical (unpaired) electrons. The Morgan fingerprint density at radius 2 is 2.06 bits per heavy atom. The first-order valence-corrected chi connectivity index (χ1v) is 9.96. The minimum atomic E-state index is -5.08. The number of carboxylic acid groups (broad SMARTS) is 1. The molecule has 32 heavy (non-hydrogen) atoms. The molecule has 12 heteroatoms. The Hall–Kier alpha value is -2.99. The summed E-state index contributed by atoms with van der Waals surface area (Å²) in [5, 5.41) is 13.6. The highest BCUT2D eigenvalue weighted by atomic mass is 19.4. The monoisotopic (exact) mass is 456 g/mol. The Kier molecular flexibility index (Phi) is 7.80. The van der Waals surface area contributed by atoms with Crippen LogP contribution in [0.4, 0.5) is 13.2 Å². The zero-order valence-electron chi connectivity index (χ0n) is 17.0. The van der Waals surface area contributed by atoms with E-state index >= 15 is 0 Å². The number of ether oxygens (including phenoxy) is 1. The Morgan fingerprint density at radius 3 is 2.69 bits per heavy atom. The van der Waals surface area contributed by atoms with Crippen molar-refractivity contribution in [1.29, 1.82) is 0 Å². The fourth-order valence-corrected chi connectivity index (χ4v) is 3.82. The Bertz CT molecular complexity index is 879. The number of aromatic nitrogens is 2. The molecule has 0 unspecified atom stereocenters. The topological polar surface area (TPSA) is 118 Å². The number of carbonyl (C=O) groups excluding carboxylic acids is 1. The maximum Gasteiger partial charge on any atom is 0.490 e. The minimum absolute atomic E-state index is 0.0496. The SMILES string of the molecule is O=C(NC[C@H]1OC[C@@H]2CCN(Cc3cccnc3)C[C@@H]21)c1ccno1.O=C(O)C(F)(F)F. The van der Waals surface area contributed by atoms with Gasteiger partial charge < -0.3 is 19.7 Å². The average Bonchev–Trinajstić information content (AvgIpc) is 3.43. The number of aliphatic carboxylic acids is 1. The van der Waals surface area contributed by atoms with E-state index in [1.165, 1.54) is 11.8 Å². The van der Waals surface area contributed by atoms with Crippen LogP contribution in [-0.4, -0.2) is 70.5 Å². The molecule has 2 aliphatic rings. The van der Waals surface area contributed by atoms with Crippen molar-refractivity contribution in [2.75, 3.05) is 26.2 Å². The largest absolute Gasteiger partial charge is 0.490 e. The van der Waals surface area contributed by atoms with Gasteiger partial charge in [0.15, 0.2) is 0 Å². The average molecular weight is 456 g/mol. The van der Waals surface area contributed by atoms with Gasteiger partial charge in [0.1, 0.15) is 0 Å². The van der Waals surface area contributed by atoms with Crippen LogP contribution in [0.1, 0.15) is 22.5 Å². The fraction of sp³-hybridized carbons (Fsp3) is 0.500. The molecule has 0 aliphatic carbocycles. The first-order valence-electron chi connectivity index (χ1n) is 9.96. The van der Waals surface area contributed by atoms with Crippen LogP contribution in [0.5, 0.6) is 0 Å². The van der Waals surface area contributed by atoms with Gasteiger partial charge in [0.25, 0.3) is 5.91 Å². The normalized spacial score (nSPS) is 23.0. The van der Waals surface area contributed by atoms with Crippen LogP contribution < -0.4 is 5.32 Å². The summed E-state index contributed by atoms with van der Waals surface area (Å²) in [6.45, 7) is 4.27. The van der Waals surface area contributed by atoms with E-state index in [-0.39, 0.29) is 17.8 Å². The summed E-state index contributed by atoms with van der Waals surface area (Å²) >= 11 is 0. The van der Waals surface area contributed by atoms with Crippen LogP contribution in [0.25, 0.3) is 0 Å². The van der Waals surface area contributed by atoms with E-state index in [1.54, 1.807) is 12.3 Å². The molecular formula is C20H23F3N4O5. The number of carbonyl (C=O) groups is 2. The van der Waals surface area contributed by atoms with Crippen LogP contribution in [0.15, 0.2) is 41.3 Å². The van der Waals surface area contributed by atoms with Crippen molar-refractivity contribution in [2.45, 2.75) is 25.2 Å². The van der Waals surface area contributed by atoms with Crippen LogP contribution in [0.2, 0.25) is 0 Å². The molecule has 2 aromatic heterocycles. The number of halogens is 3. The van der Waals surface area contributed by atoms with Crippen LogP contribution >= 0.6 is 0 Å². The Balaban J connectivity index is 0.000000360. The number of hydrogen-bond donors (Lipinski definition) is 2. The van der Waals surface area contributed by atoms with Crippen molar-refractivity contribution >= 4 is 11.9 Å². The minimum Gasteiger partial charge on any atom is -0.475 e. The van der Waals surface area contributed by atoms with E-state index in [2.05, 4.69) is 26.4 Å². The summed E-state index contributed by atoms with van der Waals surface area (Å²) in [5.74, 6) is -1.74. The van der Waals surface area contributed by atoms with Gasteiger partial charge in [-0.25, -0.2) is 4.79 Å². The molecule has 2 aliphatic heterocycles. The lowest BCUT2D eigenvalue weighted by atomic mass is 9.84. The number of amides is 1. The molecule has 0 saturated carbocycles. The van der Waals surface area contributed by atoms with E-state index in [0.29, 0.717) is 18.4 Å². The summed E-state index contributed by atoms with van der Waals surface area (Å²) in [6.07, 6.45) is 1.29. The van der Waals surface area contributed by atoms with Gasteiger partial charge >= 0.3 is 12.1 Å². The second kappa shape index (κ2) is 10.6. The predicted octanol–water partition coefficient (Wildman–Crippen LogP) is 1.97. The third-order valence-corrected chi connectivity index (χ3v) is 5.39. The van der Waals surface area contributed by atoms with Gasteiger partial charge in [0.05, 0.1) is 18.9 Å².